The lowest BCUT2D eigenvalue weighted by molar-refractivity contribution is 0.102. The zero-order chi connectivity index (χ0) is 21.7. The quantitative estimate of drug-likeness (QED) is 0.551. The van der Waals surface area contributed by atoms with E-state index in [4.69, 9.17) is 5.26 Å². The minimum atomic E-state index is -4.14. The maximum Gasteiger partial charge on any atom is 0.334 e. The standard InChI is InChI=1S/C18H12FN5O4S2/c19-12-3-1-2-11(8-12)17(25)22-13-4-6-15(21-10-13)23-18(26)24-30(27,28)16-7-5-14(9-20)29-16/h1-8,10H,(H,22,25)(H2,21,23,24,26). The van der Waals surface area contributed by atoms with E-state index in [2.05, 4.69) is 15.6 Å². The predicted molar refractivity (Wildman–Crippen MR) is 107 cm³/mol. The molecule has 0 bridgehead atoms. The summed E-state index contributed by atoms with van der Waals surface area (Å²) in [5.41, 5.74) is 0.403. The fraction of sp³-hybridized carbons (Fsp3) is 0. The van der Waals surface area contributed by atoms with Gasteiger partial charge in [0.05, 0.1) is 11.9 Å². The van der Waals surface area contributed by atoms with Crippen molar-refractivity contribution < 1.29 is 22.4 Å². The molecule has 0 radical (unpaired) electrons. The van der Waals surface area contributed by atoms with Gasteiger partial charge < -0.3 is 5.32 Å². The van der Waals surface area contributed by atoms with E-state index in [0.29, 0.717) is 0 Å². The Morgan fingerprint density at radius 3 is 2.53 bits per heavy atom. The van der Waals surface area contributed by atoms with Crippen molar-refractivity contribution >= 4 is 44.8 Å². The molecule has 0 spiro atoms. The average molecular weight is 445 g/mol. The van der Waals surface area contributed by atoms with E-state index in [1.807, 2.05) is 10.8 Å². The van der Waals surface area contributed by atoms with Crippen molar-refractivity contribution in [1.82, 2.24) is 9.71 Å². The zero-order valence-electron chi connectivity index (χ0n) is 14.9. The number of aromatic nitrogens is 1. The topological polar surface area (TPSA) is 141 Å². The third-order valence-electron chi connectivity index (χ3n) is 3.53. The molecule has 3 N–H and O–H groups in total. The van der Waals surface area contributed by atoms with E-state index in [-0.39, 0.29) is 26.2 Å². The lowest BCUT2D eigenvalue weighted by atomic mass is 10.2. The number of thiophene rings is 1. The van der Waals surface area contributed by atoms with Crippen LogP contribution in [0, 0.1) is 17.1 Å². The molecular weight excluding hydrogens is 433 g/mol. The van der Waals surface area contributed by atoms with Crippen LogP contribution in [0.25, 0.3) is 0 Å². The van der Waals surface area contributed by atoms with Gasteiger partial charge in [-0.1, -0.05) is 6.07 Å². The second kappa shape index (κ2) is 8.68. The van der Waals surface area contributed by atoms with E-state index >= 15 is 0 Å². The summed E-state index contributed by atoms with van der Waals surface area (Å²) in [6, 6.07) is 11.2. The molecule has 0 saturated carbocycles. The van der Waals surface area contributed by atoms with Crippen molar-refractivity contribution in [2.75, 3.05) is 10.6 Å². The summed E-state index contributed by atoms with van der Waals surface area (Å²) in [6.07, 6.45) is 1.24. The molecule has 152 valence electrons. The number of pyridine rings is 1. The van der Waals surface area contributed by atoms with Crippen LogP contribution < -0.4 is 15.4 Å². The Morgan fingerprint density at radius 2 is 1.90 bits per heavy atom. The van der Waals surface area contributed by atoms with Gasteiger partial charge in [-0.2, -0.15) is 5.26 Å². The van der Waals surface area contributed by atoms with Gasteiger partial charge in [0, 0.05) is 5.56 Å². The Labute approximate surface area is 174 Å². The van der Waals surface area contributed by atoms with Gasteiger partial charge in [0.2, 0.25) is 0 Å². The maximum atomic E-state index is 13.2. The normalized spacial score (nSPS) is 10.7. The van der Waals surface area contributed by atoms with Crippen LogP contribution in [0.15, 0.2) is 58.9 Å². The van der Waals surface area contributed by atoms with Gasteiger partial charge in [0.25, 0.3) is 15.9 Å². The molecule has 0 aliphatic heterocycles. The number of carbonyl (C=O) groups is 2. The number of carbonyl (C=O) groups excluding carboxylic acids is 2. The van der Waals surface area contributed by atoms with Gasteiger partial charge in [-0.3, -0.25) is 10.1 Å². The van der Waals surface area contributed by atoms with E-state index in [0.717, 1.165) is 17.4 Å². The fourth-order valence-electron chi connectivity index (χ4n) is 2.21. The summed E-state index contributed by atoms with van der Waals surface area (Å²) < 4.78 is 39.1. The van der Waals surface area contributed by atoms with Crippen LogP contribution >= 0.6 is 11.3 Å². The van der Waals surface area contributed by atoms with Crippen LogP contribution in [0.4, 0.5) is 20.7 Å². The molecule has 2 heterocycles. The van der Waals surface area contributed by atoms with Gasteiger partial charge in [-0.15, -0.1) is 11.3 Å². The van der Waals surface area contributed by atoms with Crippen molar-refractivity contribution in [3.05, 3.63) is 71.0 Å². The molecular formula is C18H12FN5O4S2. The van der Waals surface area contributed by atoms with Gasteiger partial charge in [0.15, 0.2) is 0 Å². The first-order valence-corrected chi connectivity index (χ1v) is 10.4. The number of urea groups is 1. The SMILES string of the molecule is N#Cc1ccc(S(=O)(=O)NC(=O)Nc2ccc(NC(=O)c3cccc(F)c3)cn2)s1. The van der Waals surface area contributed by atoms with Crippen molar-refractivity contribution in [1.29, 1.82) is 5.26 Å². The molecule has 30 heavy (non-hydrogen) atoms. The van der Waals surface area contributed by atoms with E-state index in [9.17, 15) is 22.4 Å². The second-order valence-electron chi connectivity index (χ2n) is 5.69. The van der Waals surface area contributed by atoms with Crippen LogP contribution in [0.5, 0.6) is 0 Å². The first-order valence-electron chi connectivity index (χ1n) is 8.13. The summed E-state index contributed by atoms with van der Waals surface area (Å²) in [7, 11) is -4.14. The number of sulfonamides is 1. The predicted octanol–water partition coefficient (Wildman–Crippen LogP) is 2.92. The van der Waals surface area contributed by atoms with E-state index in [1.54, 1.807) is 0 Å². The number of benzene rings is 1. The molecule has 0 atom stereocenters. The molecule has 2 aromatic heterocycles. The largest absolute Gasteiger partial charge is 0.334 e. The van der Waals surface area contributed by atoms with Gasteiger partial charge >= 0.3 is 6.03 Å². The monoisotopic (exact) mass is 445 g/mol. The highest BCUT2D eigenvalue weighted by Gasteiger charge is 2.20. The zero-order valence-corrected chi connectivity index (χ0v) is 16.6. The first kappa shape index (κ1) is 20.9. The smallest absolute Gasteiger partial charge is 0.321 e. The summed E-state index contributed by atoms with van der Waals surface area (Å²) in [5, 5.41) is 13.5. The van der Waals surface area contributed by atoms with E-state index in [1.165, 1.54) is 48.7 Å². The van der Waals surface area contributed by atoms with Gasteiger partial charge in [0.1, 0.15) is 26.8 Å². The summed E-state index contributed by atoms with van der Waals surface area (Å²) >= 11 is 0.724. The molecule has 0 saturated heterocycles. The van der Waals surface area contributed by atoms with Crippen LogP contribution in [-0.4, -0.2) is 25.3 Å². The molecule has 0 aliphatic carbocycles. The number of rotatable bonds is 5. The summed E-state index contributed by atoms with van der Waals surface area (Å²) in [6.45, 7) is 0. The second-order valence-corrected chi connectivity index (χ2v) is 8.68. The highest BCUT2D eigenvalue weighted by Crippen LogP contribution is 2.20. The number of nitrogens with zero attached hydrogens (tertiary/aromatic N) is 2. The van der Waals surface area contributed by atoms with Crippen molar-refractivity contribution in [3.63, 3.8) is 0 Å². The number of halogens is 1. The van der Waals surface area contributed by atoms with E-state index < -0.39 is 27.8 Å². The van der Waals surface area contributed by atoms with Crippen molar-refractivity contribution in [2.45, 2.75) is 4.21 Å². The number of nitriles is 1. The van der Waals surface area contributed by atoms with Crippen molar-refractivity contribution in [3.8, 4) is 6.07 Å². The molecule has 3 rings (SSSR count). The molecule has 0 fully saturated rings. The number of hydrogen-bond donors (Lipinski definition) is 3. The Kier molecular flexibility index (Phi) is 6.05. The molecule has 3 aromatic rings. The molecule has 3 amide bonds. The van der Waals surface area contributed by atoms with Crippen LogP contribution in [0.1, 0.15) is 15.2 Å². The number of anilines is 2. The lowest BCUT2D eigenvalue weighted by Crippen LogP contribution is -2.34. The maximum absolute atomic E-state index is 13.2. The first-order chi connectivity index (χ1) is 14.3. The van der Waals surface area contributed by atoms with Crippen LogP contribution in [0.3, 0.4) is 0 Å². The molecule has 9 nitrogen and oxygen atoms in total. The Balaban J connectivity index is 1.60. The third kappa shape index (κ3) is 5.16. The molecule has 0 unspecified atom stereocenters. The molecule has 1 aromatic carbocycles. The van der Waals surface area contributed by atoms with Gasteiger partial charge in [-0.05, 0) is 42.5 Å². The number of amides is 3. The van der Waals surface area contributed by atoms with Gasteiger partial charge in [-0.25, -0.2) is 27.3 Å². The van der Waals surface area contributed by atoms with Crippen LogP contribution in [0.2, 0.25) is 0 Å². The number of hydrogen-bond acceptors (Lipinski definition) is 7. The average Bonchev–Trinajstić information content (AvgIpc) is 3.19. The Morgan fingerprint density at radius 1 is 1.10 bits per heavy atom. The Hall–Kier alpha value is -3.82. The Bertz CT molecular complexity index is 1250. The molecule has 0 aliphatic rings. The minimum Gasteiger partial charge on any atom is -0.321 e. The summed E-state index contributed by atoms with van der Waals surface area (Å²) in [5.74, 6) is -1.07. The molecule has 12 heteroatoms. The highest BCUT2D eigenvalue weighted by molar-refractivity contribution is 7.92. The summed E-state index contributed by atoms with van der Waals surface area (Å²) in [4.78, 5) is 28.1. The lowest BCUT2D eigenvalue weighted by Gasteiger charge is -2.08. The fourth-order valence-corrected chi connectivity index (χ4v) is 4.22. The number of nitrogens with one attached hydrogen (secondary N) is 3. The third-order valence-corrected chi connectivity index (χ3v) is 6.35. The van der Waals surface area contributed by atoms with Crippen LogP contribution in [-0.2, 0) is 10.0 Å². The van der Waals surface area contributed by atoms with Crippen molar-refractivity contribution in [2.24, 2.45) is 0 Å². The highest BCUT2D eigenvalue weighted by atomic mass is 32.2. The minimum absolute atomic E-state index is 0.0235.